The maximum absolute atomic E-state index is 11.6. The zero-order valence-electron chi connectivity index (χ0n) is 11.2. The van der Waals surface area contributed by atoms with Gasteiger partial charge in [-0.25, -0.2) is 4.57 Å². The number of ether oxygens (including phenoxy) is 2. The number of aromatic nitrogens is 1. The lowest BCUT2D eigenvalue weighted by Crippen LogP contribution is -2.38. The van der Waals surface area contributed by atoms with Crippen molar-refractivity contribution in [1.82, 2.24) is 5.32 Å². The summed E-state index contributed by atoms with van der Waals surface area (Å²) in [5.41, 5.74) is 1.21. The Morgan fingerprint density at radius 2 is 1.94 bits per heavy atom. The summed E-state index contributed by atoms with van der Waals surface area (Å²) in [5.74, 6) is -0.0119. The van der Waals surface area contributed by atoms with Gasteiger partial charge in [0.05, 0.1) is 13.0 Å². The van der Waals surface area contributed by atoms with Crippen LogP contribution < -0.4 is 9.88 Å². The molecule has 0 spiro atoms. The molecule has 0 bridgehead atoms. The molecule has 0 aliphatic carbocycles. The fourth-order valence-electron chi connectivity index (χ4n) is 1.46. The van der Waals surface area contributed by atoms with Crippen molar-refractivity contribution in [3.05, 3.63) is 30.1 Å². The molecule has 1 aromatic heterocycles. The minimum atomic E-state index is -0.388. The molecule has 0 atom stereocenters. The lowest BCUT2D eigenvalue weighted by atomic mass is 10.3. The molecule has 0 saturated carbocycles. The first-order valence-electron chi connectivity index (χ1n) is 5.93. The van der Waals surface area contributed by atoms with Gasteiger partial charge in [-0.3, -0.25) is 4.79 Å². The first-order chi connectivity index (χ1) is 8.65. The summed E-state index contributed by atoms with van der Waals surface area (Å²) >= 11 is 0. The van der Waals surface area contributed by atoms with Crippen LogP contribution in [0.5, 0.6) is 0 Å². The van der Waals surface area contributed by atoms with Crippen molar-refractivity contribution in [2.75, 3.05) is 20.8 Å². The van der Waals surface area contributed by atoms with E-state index in [9.17, 15) is 4.79 Å². The van der Waals surface area contributed by atoms with Crippen molar-refractivity contribution < 1.29 is 18.8 Å². The molecule has 18 heavy (non-hydrogen) atoms. The van der Waals surface area contributed by atoms with Crippen LogP contribution in [0.3, 0.4) is 0 Å². The number of carbonyl (C=O) groups is 1. The zero-order valence-corrected chi connectivity index (χ0v) is 11.2. The van der Waals surface area contributed by atoms with Gasteiger partial charge in [-0.2, -0.15) is 0 Å². The Morgan fingerprint density at radius 1 is 1.33 bits per heavy atom. The summed E-state index contributed by atoms with van der Waals surface area (Å²) in [6.07, 6.45) is 3.99. The SMILES string of the molecule is COC(CNC(=O)CC[n+]1ccc(C)cc1)OC. The molecule has 1 N–H and O–H groups in total. The van der Waals surface area contributed by atoms with E-state index < -0.39 is 0 Å². The van der Waals surface area contributed by atoms with E-state index in [1.807, 2.05) is 36.0 Å². The van der Waals surface area contributed by atoms with E-state index in [1.54, 1.807) is 14.2 Å². The summed E-state index contributed by atoms with van der Waals surface area (Å²) in [7, 11) is 3.09. The Hall–Kier alpha value is -1.46. The number of aryl methyl sites for hydroxylation is 2. The first-order valence-corrected chi connectivity index (χ1v) is 5.93. The predicted molar refractivity (Wildman–Crippen MR) is 66.8 cm³/mol. The zero-order chi connectivity index (χ0) is 13.4. The summed E-state index contributed by atoms with van der Waals surface area (Å²) in [6.45, 7) is 3.06. The third-order valence-electron chi connectivity index (χ3n) is 2.65. The highest BCUT2D eigenvalue weighted by Gasteiger charge is 2.09. The number of pyridine rings is 1. The average molecular weight is 253 g/mol. The van der Waals surface area contributed by atoms with Crippen molar-refractivity contribution in [1.29, 1.82) is 0 Å². The molecule has 1 aromatic rings. The monoisotopic (exact) mass is 253 g/mol. The molecule has 0 aliphatic rings. The Bertz CT molecular complexity index is 361. The van der Waals surface area contributed by atoms with Crippen molar-refractivity contribution in [2.45, 2.75) is 26.2 Å². The highest BCUT2D eigenvalue weighted by molar-refractivity contribution is 5.75. The van der Waals surface area contributed by atoms with Crippen LogP contribution in [0.2, 0.25) is 0 Å². The lowest BCUT2D eigenvalue weighted by Gasteiger charge is -2.13. The molecule has 5 heteroatoms. The largest absolute Gasteiger partial charge is 0.354 e. The number of rotatable bonds is 7. The molecular weight excluding hydrogens is 232 g/mol. The Labute approximate surface area is 108 Å². The van der Waals surface area contributed by atoms with Gasteiger partial charge < -0.3 is 14.8 Å². The summed E-state index contributed by atoms with van der Waals surface area (Å²) in [5, 5.41) is 2.76. The smallest absolute Gasteiger partial charge is 0.226 e. The van der Waals surface area contributed by atoms with Gasteiger partial charge in [-0.15, -0.1) is 0 Å². The van der Waals surface area contributed by atoms with Gasteiger partial charge in [0.15, 0.2) is 25.2 Å². The van der Waals surface area contributed by atoms with Gasteiger partial charge >= 0.3 is 0 Å². The number of hydrogen-bond acceptors (Lipinski definition) is 3. The molecule has 0 fully saturated rings. The summed E-state index contributed by atoms with van der Waals surface area (Å²) in [4.78, 5) is 11.6. The molecule has 5 nitrogen and oxygen atoms in total. The molecule has 1 rings (SSSR count). The fraction of sp³-hybridized carbons (Fsp3) is 0.538. The van der Waals surface area contributed by atoms with Crippen LogP contribution >= 0.6 is 0 Å². The second kappa shape index (κ2) is 7.79. The molecule has 1 heterocycles. The van der Waals surface area contributed by atoms with Crippen molar-refractivity contribution in [2.24, 2.45) is 0 Å². The van der Waals surface area contributed by atoms with Crippen LogP contribution in [0, 0.1) is 6.92 Å². The number of carbonyl (C=O) groups excluding carboxylic acids is 1. The van der Waals surface area contributed by atoms with Gasteiger partial charge in [-0.05, 0) is 12.5 Å². The van der Waals surface area contributed by atoms with E-state index in [4.69, 9.17) is 9.47 Å². The lowest BCUT2D eigenvalue weighted by molar-refractivity contribution is -0.695. The highest BCUT2D eigenvalue weighted by Crippen LogP contribution is 1.91. The first kappa shape index (κ1) is 14.6. The standard InChI is InChI=1S/C13H20N2O3/c1-11-4-7-15(8-5-11)9-6-12(16)14-10-13(17-2)18-3/h4-5,7-8,13H,6,9-10H2,1-3H3/p+1. The van der Waals surface area contributed by atoms with E-state index in [0.717, 1.165) is 0 Å². The van der Waals surface area contributed by atoms with E-state index in [-0.39, 0.29) is 12.2 Å². The summed E-state index contributed by atoms with van der Waals surface area (Å²) < 4.78 is 12.0. The summed E-state index contributed by atoms with van der Waals surface area (Å²) in [6, 6.07) is 4.04. The Morgan fingerprint density at radius 3 is 2.50 bits per heavy atom. The minimum Gasteiger partial charge on any atom is -0.354 e. The predicted octanol–water partition coefficient (Wildman–Crippen LogP) is 0.408. The highest BCUT2D eigenvalue weighted by atomic mass is 16.7. The van der Waals surface area contributed by atoms with E-state index in [0.29, 0.717) is 19.5 Å². The normalized spacial score (nSPS) is 10.7. The number of nitrogens with zero attached hydrogens (tertiary/aromatic N) is 1. The van der Waals surface area contributed by atoms with E-state index in [2.05, 4.69) is 5.32 Å². The second-order valence-corrected chi connectivity index (χ2v) is 4.07. The Balaban J connectivity index is 2.26. The second-order valence-electron chi connectivity index (χ2n) is 4.07. The van der Waals surface area contributed by atoms with Gasteiger partial charge in [0.25, 0.3) is 0 Å². The third kappa shape index (κ3) is 5.25. The van der Waals surface area contributed by atoms with Gasteiger partial charge in [0.1, 0.15) is 0 Å². The molecular formula is C13H21N2O3+. The van der Waals surface area contributed by atoms with Crippen molar-refractivity contribution in [3.8, 4) is 0 Å². The molecule has 0 radical (unpaired) electrons. The molecule has 0 aromatic carbocycles. The van der Waals surface area contributed by atoms with Crippen molar-refractivity contribution in [3.63, 3.8) is 0 Å². The molecule has 0 saturated heterocycles. The number of nitrogens with one attached hydrogen (secondary N) is 1. The molecule has 100 valence electrons. The van der Waals surface area contributed by atoms with Gasteiger partial charge in [0.2, 0.25) is 5.91 Å². The quantitative estimate of drug-likeness (QED) is 0.565. The van der Waals surface area contributed by atoms with Crippen LogP contribution in [-0.4, -0.2) is 33.0 Å². The number of methoxy groups -OCH3 is 2. The third-order valence-corrected chi connectivity index (χ3v) is 2.65. The van der Waals surface area contributed by atoms with Gasteiger partial charge in [-0.1, -0.05) is 0 Å². The fourth-order valence-corrected chi connectivity index (χ4v) is 1.46. The molecule has 1 amide bonds. The van der Waals surface area contributed by atoms with Crippen LogP contribution in [0.25, 0.3) is 0 Å². The van der Waals surface area contributed by atoms with Crippen molar-refractivity contribution >= 4 is 5.91 Å². The van der Waals surface area contributed by atoms with Crippen LogP contribution in [0.4, 0.5) is 0 Å². The maximum atomic E-state index is 11.6. The Kier molecular flexibility index (Phi) is 6.32. The van der Waals surface area contributed by atoms with Crippen LogP contribution in [0.1, 0.15) is 12.0 Å². The topological polar surface area (TPSA) is 51.4 Å². The maximum Gasteiger partial charge on any atom is 0.226 e. The van der Waals surface area contributed by atoms with Gasteiger partial charge in [0, 0.05) is 26.4 Å². The van der Waals surface area contributed by atoms with E-state index in [1.165, 1.54) is 5.56 Å². The van der Waals surface area contributed by atoms with Crippen LogP contribution in [0.15, 0.2) is 24.5 Å². The van der Waals surface area contributed by atoms with E-state index >= 15 is 0 Å². The van der Waals surface area contributed by atoms with Crippen LogP contribution in [-0.2, 0) is 20.8 Å². The number of hydrogen-bond donors (Lipinski definition) is 1. The molecule has 0 aliphatic heterocycles. The molecule has 0 unspecified atom stereocenters. The average Bonchev–Trinajstić information content (AvgIpc) is 2.39. The minimum absolute atomic E-state index is 0.0119. The number of amides is 1.